The standard InChI is InChI=1S/C14H25N5/c1-5-6-15-12-9-13(18-11(2)17-12)19-8-7-16-14(3,4)10-19/h9,16H,5-8,10H2,1-4H3,(H,15,17,18). The van der Waals surface area contributed by atoms with Crippen molar-refractivity contribution in [3.05, 3.63) is 11.9 Å². The number of aryl methyl sites for hydroxylation is 1. The van der Waals surface area contributed by atoms with E-state index in [0.29, 0.717) is 0 Å². The van der Waals surface area contributed by atoms with E-state index in [0.717, 1.165) is 50.1 Å². The highest BCUT2D eigenvalue weighted by Crippen LogP contribution is 2.20. The van der Waals surface area contributed by atoms with Gasteiger partial charge in [0, 0.05) is 37.8 Å². The van der Waals surface area contributed by atoms with Crippen molar-refractivity contribution >= 4 is 11.6 Å². The van der Waals surface area contributed by atoms with Crippen molar-refractivity contribution < 1.29 is 0 Å². The molecule has 5 nitrogen and oxygen atoms in total. The zero-order chi connectivity index (χ0) is 13.9. The molecule has 1 aliphatic rings. The van der Waals surface area contributed by atoms with Gasteiger partial charge in [0.05, 0.1) is 0 Å². The molecule has 2 heterocycles. The van der Waals surface area contributed by atoms with Crippen molar-refractivity contribution in [3.63, 3.8) is 0 Å². The molecule has 19 heavy (non-hydrogen) atoms. The molecule has 2 rings (SSSR count). The van der Waals surface area contributed by atoms with Gasteiger partial charge in [0.2, 0.25) is 0 Å². The van der Waals surface area contributed by atoms with E-state index < -0.39 is 0 Å². The number of hydrogen-bond acceptors (Lipinski definition) is 5. The largest absolute Gasteiger partial charge is 0.370 e. The molecule has 1 aliphatic heterocycles. The molecule has 5 heteroatoms. The normalized spacial score (nSPS) is 18.4. The van der Waals surface area contributed by atoms with Gasteiger partial charge in [-0.15, -0.1) is 0 Å². The second-order valence-corrected chi connectivity index (χ2v) is 5.82. The Hall–Kier alpha value is -1.36. The number of piperazine rings is 1. The Bertz CT molecular complexity index is 430. The molecule has 0 unspecified atom stereocenters. The van der Waals surface area contributed by atoms with Crippen LogP contribution in [0.1, 0.15) is 33.0 Å². The molecule has 1 fully saturated rings. The van der Waals surface area contributed by atoms with Crippen molar-refractivity contribution in [2.75, 3.05) is 36.4 Å². The van der Waals surface area contributed by atoms with Gasteiger partial charge in [-0.25, -0.2) is 9.97 Å². The molecular formula is C14H25N5. The van der Waals surface area contributed by atoms with E-state index in [2.05, 4.69) is 52.3 Å². The Labute approximate surface area is 115 Å². The first-order valence-electron chi connectivity index (χ1n) is 7.10. The summed E-state index contributed by atoms with van der Waals surface area (Å²) in [5, 5.41) is 6.86. The summed E-state index contributed by atoms with van der Waals surface area (Å²) in [6.07, 6.45) is 1.10. The number of anilines is 2. The highest BCUT2D eigenvalue weighted by Gasteiger charge is 2.26. The molecule has 106 valence electrons. The Balaban J connectivity index is 2.16. The summed E-state index contributed by atoms with van der Waals surface area (Å²) in [6.45, 7) is 12.5. The van der Waals surface area contributed by atoms with Gasteiger partial charge in [0.1, 0.15) is 17.5 Å². The lowest BCUT2D eigenvalue weighted by Crippen LogP contribution is -2.57. The van der Waals surface area contributed by atoms with Gasteiger partial charge in [0.15, 0.2) is 0 Å². The third kappa shape index (κ3) is 3.80. The minimum atomic E-state index is 0.133. The van der Waals surface area contributed by atoms with Crippen LogP contribution in [0.3, 0.4) is 0 Å². The minimum absolute atomic E-state index is 0.133. The van der Waals surface area contributed by atoms with Crippen molar-refractivity contribution in [1.82, 2.24) is 15.3 Å². The molecule has 1 aromatic heterocycles. The Morgan fingerprint density at radius 1 is 1.42 bits per heavy atom. The quantitative estimate of drug-likeness (QED) is 0.867. The van der Waals surface area contributed by atoms with E-state index in [1.165, 1.54) is 0 Å². The molecule has 0 aliphatic carbocycles. The first-order valence-corrected chi connectivity index (χ1v) is 7.10. The van der Waals surface area contributed by atoms with Crippen LogP contribution in [0.15, 0.2) is 6.07 Å². The summed E-state index contributed by atoms with van der Waals surface area (Å²) in [7, 11) is 0. The van der Waals surface area contributed by atoms with E-state index in [9.17, 15) is 0 Å². The highest BCUT2D eigenvalue weighted by atomic mass is 15.3. The second-order valence-electron chi connectivity index (χ2n) is 5.82. The van der Waals surface area contributed by atoms with E-state index in [-0.39, 0.29) is 5.54 Å². The first kappa shape index (κ1) is 14.1. The maximum absolute atomic E-state index is 4.58. The van der Waals surface area contributed by atoms with Gasteiger partial charge < -0.3 is 15.5 Å². The summed E-state index contributed by atoms with van der Waals surface area (Å²) in [4.78, 5) is 11.4. The maximum atomic E-state index is 4.58. The molecular weight excluding hydrogens is 238 g/mol. The maximum Gasteiger partial charge on any atom is 0.134 e. The number of rotatable bonds is 4. The summed E-state index contributed by atoms with van der Waals surface area (Å²) in [6, 6.07) is 2.06. The van der Waals surface area contributed by atoms with Gasteiger partial charge in [-0.05, 0) is 27.2 Å². The Morgan fingerprint density at radius 3 is 2.89 bits per heavy atom. The van der Waals surface area contributed by atoms with Crippen molar-refractivity contribution in [2.45, 2.75) is 39.7 Å². The topological polar surface area (TPSA) is 53.1 Å². The molecule has 0 bridgehead atoms. The van der Waals surface area contributed by atoms with E-state index in [4.69, 9.17) is 0 Å². The van der Waals surface area contributed by atoms with Crippen LogP contribution in [0.4, 0.5) is 11.6 Å². The predicted molar refractivity (Wildman–Crippen MR) is 79.8 cm³/mol. The average Bonchev–Trinajstić information content (AvgIpc) is 2.34. The fourth-order valence-corrected chi connectivity index (χ4v) is 2.39. The smallest absolute Gasteiger partial charge is 0.134 e. The van der Waals surface area contributed by atoms with Gasteiger partial charge >= 0.3 is 0 Å². The molecule has 0 radical (unpaired) electrons. The van der Waals surface area contributed by atoms with Gasteiger partial charge in [-0.1, -0.05) is 6.92 Å². The van der Waals surface area contributed by atoms with Gasteiger partial charge in [0.25, 0.3) is 0 Å². The minimum Gasteiger partial charge on any atom is -0.370 e. The molecule has 1 aromatic rings. The van der Waals surface area contributed by atoms with Gasteiger partial charge in [-0.3, -0.25) is 0 Å². The number of aromatic nitrogens is 2. The molecule has 0 spiro atoms. The Morgan fingerprint density at radius 2 is 2.21 bits per heavy atom. The molecule has 2 N–H and O–H groups in total. The molecule has 1 saturated heterocycles. The summed E-state index contributed by atoms with van der Waals surface area (Å²) < 4.78 is 0. The second kappa shape index (κ2) is 5.74. The van der Waals surface area contributed by atoms with Crippen molar-refractivity contribution in [2.24, 2.45) is 0 Å². The van der Waals surface area contributed by atoms with E-state index >= 15 is 0 Å². The van der Waals surface area contributed by atoms with Crippen molar-refractivity contribution in [3.8, 4) is 0 Å². The summed E-state index contributed by atoms with van der Waals surface area (Å²) >= 11 is 0. The van der Waals surface area contributed by atoms with Gasteiger partial charge in [-0.2, -0.15) is 0 Å². The molecule has 0 aromatic carbocycles. The number of nitrogens with zero attached hydrogens (tertiary/aromatic N) is 3. The SMILES string of the molecule is CCCNc1cc(N2CCNC(C)(C)C2)nc(C)n1. The lowest BCUT2D eigenvalue weighted by molar-refractivity contribution is 0.351. The van der Waals surface area contributed by atoms with Crippen molar-refractivity contribution in [1.29, 1.82) is 0 Å². The molecule has 0 amide bonds. The number of nitrogens with one attached hydrogen (secondary N) is 2. The fraction of sp³-hybridized carbons (Fsp3) is 0.714. The molecule has 0 saturated carbocycles. The van der Waals surface area contributed by atoms with Crippen LogP contribution in [0.5, 0.6) is 0 Å². The summed E-state index contributed by atoms with van der Waals surface area (Å²) in [5.74, 6) is 2.79. The van der Waals surface area contributed by atoms with E-state index in [1.807, 2.05) is 6.92 Å². The predicted octanol–water partition coefficient (Wildman–Crippen LogP) is 1.80. The lowest BCUT2D eigenvalue weighted by atomic mass is 10.0. The van der Waals surface area contributed by atoms with E-state index in [1.54, 1.807) is 0 Å². The van der Waals surface area contributed by atoms with Crippen LogP contribution < -0.4 is 15.5 Å². The van der Waals surface area contributed by atoms with Crippen LogP contribution in [0, 0.1) is 6.92 Å². The Kier molecular flexibility index (Phi) is 4.24. The van der Waals surface area contributed by atoms with Crippen LogP contribution >= 0.6 is 0 Å². The van der Waals surface area contributed by atoms with Crippen LogP contribution in [0.2, 0.25) is 0 Å². The zero-order valence-electron chi connectivity index (χ0n) is 12.5. The third-order valence-electron chi connectivity index (χ3n) is 3.28. The molecule has 0 atom stereocenters. The first-order chi connectivity index (χ1) is 9.00. The lowest BCUT2D eigenvalue weighted by Gasteiger charge is -2.39. The highest BCUT2D eigenvalue weighted by molar-refractivity contribution is 5.50. The fourth-order valence-electron chi connectivity index (χ4n) is 2.39. The third-order valence-corrected chi connectivity index (χ3v) is 3.28. The van der Waals surface area contributed by atoms with Crippen LogP contribution in [-0.4, -0.2) is 41.7 Å². The zero-order valence-corrected chi connectivity index (χ0v) is 12.5. The summed E-state index contributed by atoms with van der Waals surface area (Å²) in [5.41, 5.74) is 0.133. The monoisotopic (exact) mass is 263 g/mol. The van der Waals surface area contributed by atoms with Crippen LogP contribution in [0.25, 0.3) is 0 Å². The number of hydrogen-bond donors (Lipinski definition) is 2. The van der Waals surface area contributed by atoms with Crippen LogP contribution in [-0.2, 0) is 0 Å². The average molecular weight is 263 g/mol.